The van der Waals surface area contributed by atoms with Gasteiger partial charge < -0.3 is 20.7 Å². The molecule has 0 saturated heterocycles. The quantitative estimate of drug-likeness (QED) is 0.321. The maximum atomic E-state index is 12.5. The molecule has 0 saturated carbocycles. The Labute approximate surface area is 200 Å². The number of aryl methyl sites for hydroxylation is 1. The SMILES string of the molecule is CNC(=O)c1nnc(Nc2cc(C(C)=O)ccn2)cc1Nc1nccc(-c2ncn(C)n2)c1OC. The van der Waals surface area contributed by atoms with Gasteiger partial charge in [0.1, 0.15) is 12.1 Å². The summed E-state index contributed by atoms with van der Waals surface area (Å²) in [6.07, 6.45) is 4.66. The van der Waals surface area contributed by atoms with Crippen LogP contribution in [0, 0.1) is 0 Å². The van der Waals surface area contributed by atoms with E-state index >= 15 is 0 Å². The van der Waals surface area contributed by atoms with Crippen LogP contribution in [0.15, 0.2) is 43.0 Å². The number of carbonyl (C=O) groups is 2. The Morgan fingerprint density at radius 2 is 1.80 bits per heavy atom. The van der Waals surface area contributed by atoms with Crippen molar-refractivity contribution >= 4 is 34.8 Å². The van der Waals surface area contributed by atoms with E-state index in [2.05, 4.69) is 46.2 Å². The van der Waals surface area contributed by atoms with Crippen LogP contribution < -0.4 is 20.7 Å². The minimum atomic E-state index is -0.454. The maximum absolute atomic E-state index is 12.5. The van der Waals surface area contributed by atoms with Gasteiger partial charge in [-0.2, -0.15) is 5.10 Å². The van der Waals surface area contributed by atoms with E-state index in [1.54, 1.807) is 48.5 Å². The molecule has 0 aliphatic heterocycles. The summed E-state index contributed by atoms with van der Waals surface area (Å²) in [5.41, 5.74) is 1.44. The van der Waals surface area contributed by atoms with Crippen LogP contribution >= 0.6 is 0 Å². The van der Waals surface area contributed by atoms with Crippen LogP contribution in [0.4, 0.5) is 23.1 Å². The van der Waals surface area contributed by atoms with Gasteiger partial charge in [-0.1, -0.05) is 0 Å². The number of ketones is 1. The fraction of sp³-hybridized carbons (Fsp3) is 0.182. The number of nitrogens with one attached hydrogen (secondary N) is 3. The van der Waals surface area contributed by atoms with Crippen molar-refractivity contribution in [2.75, 3.05) is 24.8 Å². The van der Waals surface area contributed by atoms with E-state index < -0.39 is 5.91 Å². The molecule has 4 aromatic rings. The first kappa shape index (κ1) is 23.2. The summed E-state index contributed by atoms with van der Waals surface area (Å²) in [6.45, 7) is 1.47. The number of aromatic nitrogens is 7. The molecule has 0 spiro atoms. The maximum Gasteiger partial charge on any atom is 0.273 e. The van der Waals surface area contributed by atoms with E-state index in [1.807, 2.05) is 0 Å². The highest BCUT2D eigenvalue weighted by molar-refractivity contribution is 5.99. The van der Waals surface area contributed by atoms with Gasteiger partial charge in [0.05, 0.1) is 18.4 Å². The molecule has 0 atom stereocenters. The number of rotatable bonds is 8. The number of carbonyl (C=O) groups excluding carboxylic acids is 2. The van der Waals surface area contributed by atoms with Gasteiger partial charge in [-0.25, -0.2) is 15.0 Å². The lowest BCUT2D eigenvalue weighted by atomic mass is 10.2. The third-order valence-corrected chi connectivity index (χ3v) is 4.86. The molecule has 3 N–H and O–H groups in total. The Bertz CT molecular complexity index is 1400. The molecule has 4 heterocycles. The Balaban J connectivity index is 1.72. The molecule has 0 aliphatic carbocycles. The van der Waals surface area contributed by atoms with E-state index in [9.17, 15) is 9.59 Å². The Hall–Kier alpha value is -4.94. The second-order valence-electron chi connectivity index (χ2n) is 7.29. The number of ether oxygens (including phenoxy) is 1. The van der Waals surface area contributed by atoms with Gasteiger partial charge in [-0.05, 0) is 25.1 Å². The predicted molar refractivity (Wildman–Crippen MR) is 127 cm³/mol. The second-order valence-corrected chi connectivity index (χ2v) is 7.29. The van der Waals surface area contributed by atoms with Crippen LogP contribution in [0.5, 0.6) is 5.75 Å². The molecule has 0 unspecified atom stereocenters. The van der Waals surface area contributed by atoms with Crippen molar-refractivity contribution in [3.8, 4) is 17.1 Å². The fourth-order valence-electron chi connectivity index (χ4n) is 3.19. The summed E-state index contributed by atoms with van der Waals surface area (Å²) >= 11 is 0. The average Bonchev–Trinajstić information content (AvgIpc) is 3.30. The number of nitrogens with zero attached hydrogens (tertiary/aromatic N) is 7. The molecular weight excluding hydrogens is 452 g/mol. The van der Waals surface area contributed by atoms with E-state index in [1.165, 1.54) is 27.3 Å². The number of Topliss-reactive ketones (excluding diaryl/α,β-unsaturated/α-hetero) is 1. The van der Waals surface area contributed by atoms with Crippen molar-refractivity contribution in [1.82, 2.24) is 40.2 Å². The molecule has 13 heteroatoms. The summed E-state index contributed by atoms with van der Waals surface area (Å²) < 4.78 is 7.17. The van der Waals surface area contributed by atoms with Crippen molar-refractivity contribution in [3.63, 3.8) is 0 Å². The summed E-state index contributed by atoms with van der Waals surface area (Å²) in [6, 6.07) is 6.51. The monoisotopic (exact) mass is 474 g/mol. The van der Waals surface area contributed by atoms with Gasteiger partial charge in [0.25, 0.3) is 5.91 Å². The molecule has 0 aliphatic rings. The van der Waals surface area contributed by atoms with Crippen molar-refractivity contribution in [2.24, 2.45) is 7.05 Å². The number of amides is 1. The van der Waals surface area contributed by atoms with Gasteiger partial charge in [-0.15, -0.1) is 10.2 Å². The van der Waals surface area contributed by atoms with E-state index in [4.69, 9.17) is 4.74 Å². The Kier molecular flexibility index (Phi) is 6.57. The zero-order chi connectivity index (χ0) is 24.9. The second kappa shape index (κ2) is 9.91. The van der Waals surface area contributed by atoms with E-state index in [-0.39, 0.29) is 17.3 Å². The van der Waals surface area contributed by atoms with Gasteiger partial charge in [-0.3, -0.25) is 14.3 Å². The number of hydrogen-bond acceptors (Lipinski definition) is 11. The molecular formula is C22H22N10O3. The molecule has 35 heavy (non-hydrogen) atoms. The minimum absolute atomic E-state index is 0.0358. The van der Waals surface area contributed by atoms with E-state index in [0.717, 1.165) is 0 Å². The summed E-state index contributed by atoms with van der Waals surface area (Å²) in [5.74, 6) is 1.28. The zero-order valence-electron chi connectivity index (χ0n) is 19.4. The zero-order valence-corrected chi connectivity index (χ0v) is 19.4. The van der Waals surface area contributed by atoms with Crippen LogP contribution in [0.25, 0.3) is 11.4 Å². The van der Waals surface area contributed by atoms with Crippen LogP contribution in [-0.4, -0.2) is 60.8 Å². The lowest BCUT2D eigenvalue weighted by molar-refractivity contribution is 0.0957. The normalized spacial score (nSPS) is 10.5. The van der Waals surface area contributed by atoms with Crippen molar-refractivity contribution in [2.45, 2.75) is 6.92 Å². The number of methoxy groups -OCH3 is 1. The molecule has 0 aromatic carbocycles. The van der Waals surface area contributed by atoms with E-state index in [0.29, 0.717) is 40.0 Å². The Morgan fingerprint density at radius 1 is 1.00 bits per heavy atom. The van der Waals surface area contributed by atoms with Gasteiger partial charge in [0.15, 0.2) is 34.7 Å². The standard InChI is InChI=1S/C22H22N10O3/c1-12(33)13-5-7-24-16(9-13)28-17-10-15(18(30-29-17)22(34)23-2)27-21-19(35-4)14(6-8-25-21)20-26-11-32(3)31-20/h5-11H,1-4H3,(H,23,34)(H2,24,25,27,28,29). The lowest BCUT2D eigenvalue weighted by Gasteiger charge is -2.15. The molecule has 4 aromatic heterocycles. The van der Waals surface area contributed by atoms with Gasteiger partial charge >= 0.3 is 0 Å². The molecule has 0 fully saturated rings. The summed E-state index contributed by atoms with van der Waals surface area (Å²) in [4.78, 5) is 37.0. The van der Waals surface area contributed by atoms with Crippen LogP contribution in [0.1, 0.15) is 27.8 Å². The molecule has 0 radical (unpaired) electrons. The molecule has 178 valence electrons. The first-order chi connectivity index (χ1) is 16.9. The topological polar surface area (TPSA) is 162 Å². The van der Waals surface area contributed by atoms with Gasteiger partial charge in [0.2, 0.25) is 0 Å². The Morgan fingerprint density at radius 3 is 2.49 bits per heavy atom. The highest BCUT2D eigenvalue weighted by Crippen LogP contribution is 2.35. The predicted octanol–water partition coefficient (Wildman–Crippen LogP) is 2.12. The largest absolute Gasteiger partial charge is 0.492 e. The minimum Gasteiger partial charge on any atom is -0.492 e. The average molecular weight is 474 g/mol. The third kappa shape index (κ3) is 5.03. The molecule has 4 rings (SSSR count). The smallest absolute Gasteiger partial charge is 0.273 e. The highest BCUT2D eigenvalue weighted by Gasteiger charge is 2.20. The third-order valence-electron chi connectivity index (χ3n) is 4.86. The molecule has 1 amide bonds. The van der Waals surface area contributed by atoms with Crippen LogP contribution in [0.3, 0.4) is 0 Å². The summed E-state index contributed by atoms with van der Waals surface area (Å²) in [5, 5.41) is 21.1. The molecule has 13 nitrogen and oxygen atoms in total. The number of anilines is 4. The van der Waals surface area contributed by atoms with Crippen LogP contribution in [0.2, 0.25) is 0 Å². The van der Waals surface area contributed by atoms with Gasteiger partial charge in [0, 0.05) is 38.1 Å². The first-order valence-corrected chi connectivity index (χ1v) is 10.4. The highest BCUT2D eigenvalue weighted by atomic mass is 16.5. The lowest BCUT2D eigenvalue weighted by Crippen LogP contribution is -2.21. The summed E-state index contributed by atoms with van der Waals surface area (Å²) in [7, 11) is 4.75. The van der Waals surface area contributed by atoms with Crippen molar-refractivity contribution in [1.29, 1.82) is 0 Å². The molecule has 0 bridgehead atoms. The number of hydrogen-bond donors (Lipinski definition) is 3. The fourth-order valence-corrected chi connectivity index (χ4v) is 3.19. The van der Waals surface area contributed by atoms with Crippen molar-refractivity contribution in [3.05, 3.63) is 54.2 Å². The number of pyridine rings is 2. The first-order valence-electron chi connectivity index (χ1n) is 10.4. The van der Waals surface area contributed by atoms with Crippen LogP contribution in [-0.2, 0) is 7.05 Å². The van der Waals surface area contributed by atoms with Crippen molar-refractivity contribution < 1.29 is 14.3 Å².